The van der Waals surface area contributed by atoms with Crippen molar-refractivity contribution in [1.82, 2.24) is 5.32 Å². The van der Waals surface area contributed by atoms with Crippen molar-refractivity contribution in [3.63, 3.8) is 0 Å². The number of benzene rings is 2. The van der Waals surface area contributed by atoms with Gasteiger partial charge in [0.25, 0.3) is 0 Å². The highest BCUT2D eigenvalue weighted by molar-refractivity contribution is 9.11. The van der Waals surface area contributed by atoms with Crippen molar-refractivity contribution in [1.29, 1.82) is 0 Å². The zero-order valence-corrected chi connectivity index (χ0v) is 14.7. The van der Waals surface area contributed by atoms with Crippen molar-refractivity contribution in [2.45, 2.75) is 12.5 Å². The maximum Gasteiger partial charge on any atom is 0.124 e. The maximum atomic E-state index is 13.1. The molecule has 0 saturated carbocycles. The molecule has 2 aromatic rings. The highest BCUT2D eigenvalue weighted by Crippen LogP contribution is 2.30. The Kier molecular flexibility index (Phi) is 5.61. The average Bonchev–Trinajstić information content (AvgIpc) is 2.39. The summed E-state index contributed by atoms with van der Waals surface area (Å²) in [6.07, 6.45) is 0.690. The van der Waals surface area contributed by atoms with Crippen LogP contribution in [-0.4, -0.2) is 7.05 Å². The summed E-state index contributed by atoms with van der Waals surface area (Å²) in [7, 11) is 1.90. The van der Waals surface area contributed by atoms with Gasteiger partial charge in [-0.1, -0.05) is 55.6 Å². The molecule has 0 saturated heterocycles. The smallest absolute Gasteiger partial charge is 0.124 e. The van der Waals surface area contributed by atoms with Crippen molar-refractivity contribution in [2.24, 2.45) is 0 Å². The van der Waals surface area contributed by atoms with Crippen LogP contribution in [0, 0.1) is 5.82 Å². The lowest BCUT2D eigenvalue weighted by molar-refractivity contribution is 0.587. The Balaban J connectivity index is 2.28. The van der Waals surface area contributed by atoms with Gasteiger partial charge in [0, 0.05) is 20.0 Å². The molecule has 1 unspecified atom stereocenters. The van der Waals surface area contributed by atoms with E-state index in [1.807, 2.05) is 25.2 Å². The highest BCUT2D eigenvalue weighted by Gasteiger charge is 2.15. The lowest BCUT2D eigenvalue weighted by Gasteiger charge is -2.19. The molecule has 1 N–H and O–H groups in total. The monoisotopic (exact) mass is 419 g/mol. The van der Waals surface area contributed by atoms with Gasteiger partial charge < -0.3 is 5.32 Å². The van der Waals surface area contributed by atoms with Gasteiger partial charge in [0.2, 0.25) is 0 Å². The molecule has 0 bridgehead atoms. The van der Waals surface area contributed by atoms with E-state index in [0.717, 1.165) is 20.1 Å². The Bertz CT molecular complexity index is 619. The van der Waals surface area contributed by atoms with Crippen molar-refractivity contribution in [2.75, 3.05) is 7.05 Å². The van der Waals surface area contributed by atoms with E-state index in [1.54, 1.807) is 6.07 Å². The number of rotatable bonds is 4. The molecule has 0 fully saturated rings. The van der Waals surface area contributed by atoms with Gasteiger partial charge in [-0.05, 0) is 48.9 Å². The summed E-state index contributed by atoms with van der Waals surface area (Å²) in [5.41, 5.74) is 2.05. The second kappa shape index (κ2) is 7.03. The first-order chi connectivity index (χ1) is 9.51. The van der Waals surface area contributed by atoms with Crippen molar-refractivity contribution < 1.29 is 4.39 Å². The van der Waals surface area contributed by atoms with E-state index in [-0.39, 0.29) is 11.9 Å². The molecule has 0 aliphatic heterocycles. The molecule has 0 heterocycles. The standard InChI is InChI=1S/C15H13Br2ClFN/c1-20-15(12-5-3-10(16)7-13(12)17)6-9-2-4-11(19)8-14(9)18/h2-5,7-8,15,20H,6H2,1H3. The molecule has 0 spiro atoms. The molecule has 2 aromatic carbocycles. The fourth-order valence-corrected chi connectivity index (χ4v) is 3.63. The maximum absolute atomic E-state index is 13.1. The predicted octanol–water partition coefficient (Wildman–Crippen LogP) is 5.51. The number of nitrogens with one attached hydrogen (secondary N) is 1. The summed E-state index contributed by atoms with van der Waals surface area (Å²) in [5.74, 6) is -0.315. The van der Waals surface area contributed by atoms with Gasteiger partial charge in [0.1, 0.15) is 5.82 Å². The molecule has 0 aliphatic carbocycles. The second-order valence-electron chi connectivity index (χ2n) is 4.45. The van der Waals surface area contributed by atoms with Gasteiger partial charge in [0.15, 0.2) is 0 Å². The summed E-state index contributed by atoms with van der Waals surface area (Å²) >= 11 is 13.1. The molecule has 1 nitrogen and oxygen atoms in total. The zero-order chi connectivity index (χ0) is 14.7. The van der Waals surface area contributed by atoms with Gasteiger partial charge in [0.05, 0.1) is 0 Å². The Morgan fingerprint density at radius 1 is 1.20 bits per heavy atom. The van der Waals surface area contributed by atoms with Crippen LogP contribution in [0.3, 0.4) is 0 Å². The fourth-order valence-electron chi connectivity index (χ4n) is 2.06. The first-order valence-electron chi connectivity index (χ1n) is 6.07. The average molecular weight is 422 g/mol. The van der Waals surface area contributed by atoms with Gasteiger partial charge in [-0.15, -0.1) is 0 Å². The van der Waals surface area contributed by atoms with Gasteiger partial charge in [-0.25, -0.2) is 4.39 Å². The summed E-state index contributed by atoms with van der Waals surface area (Å²) in [5, 5.41) is 3.73. The molecular formula is C15H13Br2ClFN. The molecule has 0 aliphatic rings. The first kappa shape index (κ1) is 16.0. The molecule has 0 amide bonds. The van der Waals surface area contributed by atoms with Crippen molar-refractivity contribution in [3.05, 3.63) is 67.3 Å². The van der Waals surface area contributed by atoms with Crippen LogP contribution in [0.25, 0.3) is 0 Å². The summed E-state index contributed by atoms with van der Waals surface area (Å²) in [4.78, 5) is 0. The topological polar surface area (TPSA) is 12.0 Å². The number of hydrogen-bond acceptors (Lipinski definition) is 1. The largest absolute Gasteiger partial charge is 0.313 e. The van der Waals surface area contributed by atoms with Crippen LogP contribution in [0.1, 0.15) is 17.2 Å². The zero-order valence-electron chi connectivity index (χ0n) is 10.8. The summed E-state index contributed by atoms with van der Waals surface area (Å²) in [6, 6.07) is 10.7. The summed E-state index contributed by atoms with van der Waals surface area (Å²) < 4.78 is 15.1. The van der Waals surface area contributed by atoms with E-state index < -0.39 is 0 Å². The van der Waals surface area contributed by atoms with E-state index in [0.29, 0.717) is 11.4 Å². The Morgan fingerprint density at radius 2 is 1.95 bits per heavy atom. The van der Waals surface area contributed by atoms with Crippen LogP contribution in [-0.2, 0) is 6.42 Å². The van der Waals surface area contributed by atoms with Crippen LogP contribution in [0.5, 0.6) is 0 Å². The first-order valence-corrected chi connectivity index (χ1v) is 8.04. The normalized spacial score (nSPS) is 12.4. The van der Waals surface area contributed by atoms with E-state index in [9.17, 15) is 4.39 Å². The molecule has 20 heavy (non-hydrogen) atoms. The lowest BCUT2D eigenvalue weighted by Crippen LogP contribution is -2.19. The Morgan fingerprint density at radius 3 is 2.55 bits per heavy atom. The minimum absolute atomic E-state index is 0.0976. The lowest BCUT2D eigenvalue weighted by atomic mass is 9.99. The van der Waals surface area contributed by atoms with Crippen LogP contribution >= 0.6 is 43.5 Å². The number of hydrogen-bond donors (Lipinski definition) is 1. The minimum Gasteiger partial charge on any atom is -0.313 e. The van der Waals surface area contributed by atoms with E-state index in [1.165, 1.54) is 12.1 Å². The quantitative estimate of drug-likeness (QED) is 0.687. The minimum atomic E-state index is -0.315. The third-order valence-electron chi connectivity index (χ3n) is 3.13. The van der Waals surface area contributed by atoms with Crippen LogP contribution < -0.4 is 5.32 Å². The molecule has 0 aromatic heterocycles. The molecule has 5 heteroatoms. The predicted molar refractivity (Wildman–Crippen MR) is 88.8 cm³/mol. The van der Waals surface area contributed by atoms with Crippen LogP contribution in [0.2, 0.25) is 5.02 Å². The SMILES string of the molecule is CNC(Cc1ccc(F)cc1Cl)c1ccc(Br)cc1Br. The van der Waals surface area contributed by atoms with E-state index in [4.69, 9.17) is 11.6 Å². The fraction of sp³-hybridized carbons (Fsp3) is 0.200. The van der Waals surface area contributed by atoms with Gasteiger partial charge in [-0.3, -0.25) is 0 Å². The molecule has 1 atom stereocenters. The number of likely N-dealkylation sites (N-methyl/N-ethyl adjacent to an activating group) is 1. The van der Waals surface area contributed by atoms with E-state index >= 15 is 0 Å². The molecular weight excluding hydrogens is 408 g/mol. The summed E-state index contributed by atoms with van der Waals surface area (Å²) in [6.45, 7) is 0. The van der Waals surface area contributed by atoms with Crippen molar-refractivity contribution in [3.8, 4) is 0 Å². The number of halogens is 4. The van der Waals surface area contributed by atoms with Gasteiger partial charge >= 0.3 is 0 Å². The third-order valence-corrected chi connectivity index (χ3v) is 4.66. The van der Waals surface area contributed by atoms with E-state index in [2.05, 4.69) is 37.2 Å². The Hall–Kier alpha value is -0.420. The van der Waals surface area contributed by atoms with Gasteiger partial charge in [-0.2, -0.15) is 0 Å². The molecule has 2 rings (SSSR count). The van der Waals surface area contributed by atoms with Crippen molar-refractivity contribution >= 4 is 43.5 Å². The Labute approximate surface area is 139 Å². The molecule has 0 radical (unpaired) electrons. The van der Waals surface area contributed by atoms with Crippen LogP contribution in [0.4, 0.5) is 4.39 Å². The second-order valence-corrected chi connectivity index (χ2v) is 6.62. The third kappa shape index (κ3) is 3.82. The molecule has 106 valence electrons. The highest BCUT2D eigenvalue weighted by atomic mass is 79.9. The van der Waals surface area contributed by atoms with Crippen LogP contribution in [0.15, 0.2) is 45.3 Å².